The Kier molecular flexibility index (Phi) is 11.9. The van der Waals surface area contributed by atoms with Gasteiger partial charge in [-0.05, 0) is 29.5 Å². The van der Waals surface area contributed by atoms with E-state index in [0.29, 0.717) is 5.02 Å². The van der Waals surface area contributed by atoms with Crippen molar-refractivity contribution in [3.05, 3.63) is 34.9 Å². The summed E-state index contributed by atoms with van der Waals surface area (Å²) in [6.45, 7) is 7.36. The lowest BCUT2D eigenvalue weighted by Crippen LogP contribution is -2.46. The molecule has 0 aliphatic rings. The number of carbonyl (C=O) groups is 3. The van der Waals surface area contributed by atoms with Crippen molar-refractivity contribution in [1.29, 1.82) is 0 Å². The van der Waals surface area contributed by atoms with Gasteiger partial charge in [0.1, 0.15) is 6.04 Å². The van der Waals surface area contributed by atoms with Crippen molar-refractivity contribution < 1.29 is 19.5 Å². The van der Waals surface area contributed by atoms with E-state index in [9.17, 15) is 19.5 Å². The summed E-state index contributed by atoms with van der Waals surface area (Å²) >= 11 is 5.93. The second kappa shape index (κ2) is 12.7. The largest absolute Gasteiger partial charge is 0.480 e. The summed E-state index contributed by atoms with van der Waals surface area (Å²) in [4.78, 5) is 36.0. The van der Waals surface area contributed by atoms with E-state index < -0.39 is 24.0 Å². The van der Waals surface area contributed by atoms with Gasteiger partial charge in [-0.2, -0.15) is 0 Å². The Balaban J connectivity index is 0.00000784. The van der Waals surface area contributed by atoms with Crippen molar-refractivity contribution in [2.24, 2.45) is 17.6 Å². The van der Waals surface area contributed by atoms with E-state index in [4.69, 9.17) is 17.3 Å². The molecular formula is C20H31Cl2N3O4. The van der Waals surface area contributed by atoms with Crippen LogP contribution in [0.15, 0.2) is 24.3 Å². The van der Waals surface area contributed by atoms with Gasteiger partial charge >= 0.3 is 5.97 Å². The van der Waals surface area contributed by atoms with E-state index in [-0.39, 0.29) is 49.0 Å². The van der Waals surface area contributed by atoms with Crippen molar-refractivity contribution in [3.63, 3.8) is 0 Å². The summed E-state index contributed by atoms with van der Waals surface area (Å²) in [7, 11) is 0. The minimum atomic E-state index is -1.08. The molecule has 7 nitrogen and oxygen atoms in total. The van der Waals surface area contributed by atoms with E-state index in [1.54, 1.807) is 38.1 Å². The quantitative estimate of drug-likeness (QED) is 0.438. The van der Waals surface area contributed by atoms with E-state index in [1.807, 2.05) is 13.8 Å². The zero-order valence-corrected chi connectivity index (χ0v) is 18.7. The number of halogens is 2. The number of hydrogen-bond acceptors (Lipinski definition) is 4. The first-order valence-corrected chi connectivity index (χ1v) is 9.71. The number of carboxylic acid groups (broad SMARTS) is 1. The molecule has 0 spiro atoms. The molecule has 9 heteroatoms. The maximum absolute atomic E-state index is 12.5. The molecule has 2 amide bonds. The molecule has 1 aromatic carbocycles. The van der Waals surface area contributed by atoms with Crippen molar-refractivity contribution >= 4 is 41.8 Å². The molecule has 0 unspecified atom stereocenters. The summed E-state index contributed by atoms with van der Waals surface area (Å²) in [5.41, 5.74) is 6.68. The third kappa shape index (κ3) is 9.02. The highest BCUT2D eigenvalue weighted by molar-refractivity contribution is 6.30. The van der Waals surface area contributed by atoms with Crippen LogP contribution in [0.4, 0.5) is 0 Å². The number of carboxylic acids is 1. The summed E-state index contributed by atoms with van der Waals surface area (Å²) < 4.78 is 0. The third-order valence-corrected chi connectivity index (χ3v) is 4.82. The smallest absolute Gasteiger partial charge is 0.326 e. The first-order chi connectivity index (χ1) is 13.0. The molecule has 0 radical (unpaired) electrons. The standard InChI is InChI=1S/C20H30ClN3O4.ClH/c1-11(2)17(22)19(26)23-10-14(13-5-7-15(21)8-6-13)9-16(25)24-18(12(3)4)20(27)28;/h5-8,11-12,14,17-18H,9-10,22H2,1-4H3,(H,23,26)(H,24,25)(H,27,28);1H/t14-,17-,18-;/m0./s1. The Bertz CT molecular complexity index is 681. The molecule has 0 aromatic heterocycles. The number of amides is 2. The molecule has 3 atom stereocenters. The van der Waals surface area contributed by atoms with Crippen LogP contribution in [0.1, 0.15) is 45.6 Å². The fraction of sp³-hybridized carbons (Fsp3) is 0.550. The number of nitrogens with two attached hydrogens (primary N) is 1. The van der Waals surface area contributed by atoms with E-state index in [1.165, 1.54) is 0 Å². The molecule has 0 fully saturated rings. The van der Waals surface area contributed by atoms with Crippen LogP contribution in [0.5, 0.6) is 0 Å². The average Bonchev–Trinajstić information content (AvgIpc) is 2.62. The van der Waals surface area contributed by atoms with Crippen LogP contribution in [0, 0.1) is 11.8 Å². The van der Waals surface area contributed by atoms with Crippen molar-refractivity contribution in [1.82, 2.24) is 10.6 Å². The van der Waals surface area contributed by atoms with Crippen molar-refractivity contribution in [2.45, 2.75) is 52.1 Å². The van der Waals surface area contributed by atoms with Crippen LogP contribution in [0.3, 0.4) is 0 Å². The lowest BCUT2D eigenvalue weighted by molar-refractivity contribution is -0.143. The minimum absolute atomic E-state index is 0. The monoisotopic (exact) mass is 447 g/mol. The van der Waals surface area contributed by atoms with Gasteiger partial charge in [0.2, 0.25) is 11.8 Å². The second-order valence-electron chi connectivity index (χ2n) is 7.59. The zero-order valence-electron chi connectivity index (χ0n) is 17.1. The number of hydrogen-bond donors (Lipinski definition) is 4. The molecule has 0 saturated carbocycles. The Morgan fingerprint density at radius 2 is 1.62 bits per heavy atom. The summed E-state index contributed by atoms with van der Waals surface area (Å²) in [6, 6.07) is 5.37. The van der Waals surface area contributed by atoms with Gasteiger partial charge in [0.05, 0.1) is 6.04 Å². The molecular weight excluding hydrogens is 417 g/mol. The maximum Gasteiger partial charge on any atom is 0.326 e. The van der Waals surface area contributed by atoms with Crippen LogP contribution in [0.25, 0.3) is 0 Å². The summed E-state index contributed by atoms with van der Waals surface area (Å²) in [5, 5.41) is 15.2. The van der Waals surface area contributed by atoms with Crippen LogP contribution in [-0.4, -0.2) is 41.5 Å². The van der Waals surface area contributed by atoms with Crippen LogP contribution in [-0.2, 0) is 14.4 Å². The highest BCUT2D eigenvalue weighted by Gasteiger charge is 2.26. The highest BCUT2D eigenvalue weighted by Crippen LogP contribution is 2.22. The normalized spacial score (nSPS) is 13.9. The molecule has 0 aliphatic heterocycles. The SMILES string of the molecule is CC(C)[C@H](N)C(=O)NC[C@H](CC(=O)N[C@H](C(=O)O)C(C)C)c1ccc(Cl)cc1.Cl. The predicted molar refractivity (Wildman–Crippen MR) is 116 cm³/mol. The van der Waals surface area contributed by atoms with Gasteiger partial charge in [-0.1, -0.05) is 51.4 Å². The van der Waals surface area contributed by atoms with Crippen molar-refractivity contribution in [2.75, 3.05) is 6.54 Å². The predicted octanol–water partition coefficient (Wildman–Crippen LogP) is 2.56. The number of aliphatic carboxylic acids is 1. The Morgan fingerprint density at radius 3 is 2.07 bits per heavy atom. The van der Waals surface area contributed by atoms with Crippen LogP contribution in [0.2, 0.25) is 5.02 Å². The molecule has 29 heavy (non-hydrogen) atoms. The Morgan fingerprint density at radius 1 is 1.07 bits per heavy atom. The summed E-state index contributed by atoms with van der Waals surface area (Å²) in [5.74, 6) is -2.38. The zero-order chi connectivity index (χ0) is 21.4. The average molecular weight is 448 g/mol. The fourth-order valence-electron chi connectivity index (χ4n) is 2.66. The lowest BCUT2D eigenvalue weighted by atomic mass is 9.94. The van der Waals surface area contributed by atoms with Gasteiger partial charge in [0.25, 0.3) is 0 Å². The second-order valence-corrected chi connectivity index (χ2v) is 8.03. The van der Waals surface area contributed by atoms with Crippen molar-refractivity contribution in [3.8, 4) is 0 Å². The molecule has 0 saturated heterocycles. The molecule has 1 aromatic rings. The van der Waals surface area contributed by atoms with Crippen LogP contribution < -0.4 is 16.4 Å². The molecule has 0 aliphatic carbocycles. The number of nitrogens with one attached hydrogen (secondary N) is 2. The van der Waals surface area contributed by atoms with E-state index >= 15 is 0 Å². The van der Waals surface area contributed by atoms with Crippen LogP contribution >= 0.6 is 24.0 Å². The minimum Gasteiger partial charge on any atom is -0.480 e. The Hall–Kier alpha value is -1.83. The lowest BCUT2D eigenvalue weighted by Gasteiger charge is -2.23. The highest BCUT2D eigenvalue weighted by atomic mass is 35.5. The Labute approximate surface area is 183 Å². The first-order valence-electron chi connectivity index (χ1n) is 9.33. The number of benzene rings is 1. The van der Waals surface area contributed by atoms with E-state index in [0.717, 1.165) is 5.56 Å². The van der Waals surface area contributed by atoms with Gasteiger partial charge in [-0.15, -0.1) is 12.4 Å². The maximum atomic E-state index is 12.5. The van der Waals surface area contributed by atoms with Gasteiger partial charge in [-0.25, -0.2) is 4.79 Å². The number of carbonyl (C=O) groups excluding carboxylic acids is 2. The third-order valence-electron chi connectivity index (χ3n) is 4.57. The summed E-state index contributed by atoms with van der Waals surface area (Å²) in [6.07, 6.45) is 0.0231. The van der Waals surface area contributed by atoms with Gasteiger partial charge in [0, 0.05) is 23.9 Å². The van der Waals surface area contributed by atoms with E-state index in [2.05, 4.69) is 10.6 Å². The molecule has 5 N–H and O–H groups in total. The fourth-order valence-corrected chi connectivity index (χ4v) is 2.78. The van der Waals surface area contributed by atoms with Gasteiger partial charge in [0.15, 0.2) is 0 Å². The topological polar surface area (TPSA) is 122 Å². The molecule has 0 heterocycles. The van der Waals surface area contributed by atoms with Gasteiger partial charge < -0.3 is 21.5 Å². The number of rotatable bonds is 10. The molecule has 1 rings (SSSR count). The van der Waals surface area contributed by atoms with Gasteiger partial charge in [-0.3, -0.25) is 9.59 Å². The molecule has 0 bridgehead atoms. The molecule has 164 valence electrons. The first kappa shape index (κ1) is 27.2.